The highest BCUT2D eigenvalue weighted by molar-refractivity contribution is 5.85. The van der Waals surface area contributed by atoms with Gasteiger partial charge in [0, 0.05) is 19.7 Å². The van der Waals surface area contributed by atoms with Crippen LogP contribution >= 0.6 is 12.4 Å². The van der Waals surface area contributed by atoms with Crippen LogP contribution in [0.5, 0.6) is 0 Å². The first-order valence-electron chi connectivity index (χ1n) is 5.65. The normalized spacial score (nSPS) is 26.4. The summed E-state index contributed by atoms with van der Waals surface area (Å²) in [6.07, 6.45) is 2.11. The summed E-state index contributed by atoms with van der Waals surface area (Å²) < 4.78 is 4.91. The average Bonchev–Trinajstić information content (AvgIpc) is 2.58. The van der Waals surface area contributed by atoms with Crippen molar-refractivity contribution < 1.29 is 9.53 Å². The molecule has 3 unspecified atom stereocenters. The summed E-state index contributed by atoms with van der Waals surface area (Å²) >= 11 is 0. The number of hydrogen-bond acceptors (Lipinski definition) is 3. The zero-order valence-electron chi connectivity index (χ0n) is 10.3. The maximum absolute atomic E-state index is 12.0. The quantitative estimate of drug-likeness (QED) is 0.811. The summed E-state index contributed by atoms with van der Waals surface area (Å²) in [6.45, 7) is 5.44. The summed E-state index contributed by atoms with van der Waals surface area (Å²) in [4.78, 5) is 13.9. The highest BCUT2D eigenvalue weighted by Crippen LogP contribution is 2.25. The van der Waals surface area contributed by atoms with Crippen LogP contribution < -0.4 is 5.73 Å². The van der Waals surface area contributed by atoms with E-state index in [0.29, 0.717) is 18.6 Å². The lowest BCUT2D eigenvalue weighted by Gasteiger charge is -2.26. The Hall–Kier alpha value is -0.320. The third kappa shape index (κ3) is 3.61. The molecule has 0 aromatic rings. The van der Waals surface area contributed by atoms with Crippen molar-refractivity contribution in [1.82, 2.24) is 4.90 Å². The molecule has 0 spiro atoms. The van der Waals surface area contributed by atoms with Gasteiger partial charge in [-0.05, 0) is 18.8 Å². The molecule has 1 amide bonds. The van der Waals surface area contributed by atoms with Crippen molar-refractivity contribution in [2.24, 2.45) is 11.7 Å². The second kappa shape index (κ2) is 7.09. The van der Waals surface area contributed by atoms with Gasteiger partial charge in [0.1, 0.15) is 6.04 Å². The fourth-order valence-corrected chi connectivity index (χ4v) is 2.27. The van der Waals surface area contributed by atoms with Crippen LogP contribution in [0.25, 0.3) is 0 Å². The third-order valence-corrected chi connectivity index (χ3v) is 3.04. The molecule has 0 saturated carbocycles. The molecule has 96 valence electrons. The van der Waals surface area contributed by atoms with Crippen molar-refractivity contribution >= 4 is 18.3 Å². The molecule has 0 aromatic heterocycles. The van der Waals surface area contributed by atoms with E-state index in [-0.39, 0.29) is 18.3 Å². The molecule has 4 nitrogen and oxygen atoms in total. The smallest absolute Gasteiger partial charge is 0.242 e. The Bertz CT molecular complexity index is 226. The summed E-state index contributed by atoms with van der Waals surface area (Å²) in [6, 6.07) is -0.134. The summed E-state index contributed by atoms with van der Waals surface area (Å²) in [5.74, 6) is 0.627. The molecule has 1 saturated heterocycles. The monoisotopic (exact) mass is 250 g/mol. The molecule has 1 aliphatic rings. The number of methoxy groups -OCH3 is 1. The largest absolute Gasteiger partial charge is 0.383 e. The highest BCUT2D eigenvalue weighted by Gasteiger charge is 2.33. The van der Waals surface area contributed by atoms with Crippen molar-refractivity contribution in [3.05, 3.63) is 0 Å². The molecule has 0 aromatic carbocycles. The van der Waals surface area contributed by atoms with Crippen LogP contribution in [-0.2, 0) is 9.53 Å². The first-order chi connectivity index (χ1) is 7.10. The lowest BCUT2D eigenvalue weighted by atomic mass is 10.1. The molecule has 1 heterocycles. The second-order valence-corrected chi connectivity index (χ2v) is 4.46. The molecule has 3 atom stereocenters. The molecule has 16 heavy (non-hydrogen) atoms. The van der Waals surface area contributed by atoms with Crippen LogP contribution in [0, 0.1) is 5.92 Å². The molecule has 1 rings (SSSR count). The van der Waals surface area contributed by atoms with E-state index in [1.165, 1.54) is 0 Å². The Kier molecular flexibility index (Phi) is 6.95. The van der Waals surface area contributed by atoms with Gasteiger partial charge in [-0.1, -0.05) is 13.8 Å². The van der Waals surface area contributed by atoms with Gasteiger partial charge < -0.3 is 15.4 Å². The van der Waals surface area contributed by atoms with E-state index in [1.54, 1.807) is 7.11 Å². The van der Waals surface area contributed by atoms with Gasteiger partial charge in [-0.15, -0.1) is 12.4 Å². The van der Waals surface area contributed by atoms with Crippen molar-refractivity contribution in [3.63, 3.8) is 0 Å². The van der Waals surface area contributed by atoms with Gasteiger partial charge in [0.05, 0.1) is 6.61 Å². The molecule has 1 fully saturated rings. The van der Waals surface area contributed by atoms with Gasteiger partial charge >= 0.3 is 0 Å². The molecule has 0 bridgehead atoms. The van der Waals surface area contributed by atoms with Crippen LogP contribution in [0.4, 0.5) is 0 Å². The number of ether oxygens (including phenoxy) is 1. The van der Waals surface area contributed by atoms with Gasteiger partial charge in [0.15, 0.2) is 0 Å². The van der Waals surface area contributed by atoms with Crippen molar-refractivity contribution in [3.8, 4) is 0 Å². The fraction of sp³-hybridized carbons (Fsp3) is 0.909. The van der Waals surface area contributed by atoms with Crippen LogP contribution in [0.1, 0.15) is 26.7 Å². The predicted octanol–water partition coefficient (Wildman–Crippen LogP) is 1.03. The number of halogens is 1. The minimum absolute atomic E-state index is 0. The number of carbonyl (C=O) groups excluding carboxylic acids is 1. The Morgan fingerprint density at radius 2 is 2.25 bits per heavy atom. The van der Waals surface area contributed by atoms with Crippen LogP contribution in [0.3, 0.4) is 0 Å². The van der Waals surface area contributed by atoms with Crippen LogP contribution in [0.15, 0.2) is 0 Å². The Balaban J connectivity index is 0.00000225. The number of hydrogen-bond donors (Lipinski definition) is 1. The Morgan fingerprint density at radius 3 is 2.75 bits per heavy atom. The summed E-state index contributed by atoms with van der Waals surface area (Å²) in [5.41, 5.74) is 5.75. The molecule has 0 radical (unpaired) electrons. The van der Waals surface area contributed by atoms with E-state index in [2.05, 4.69) is 13.8 Å². The van der Waals surface area contributed by atoms with E-state index >= 15 is 0 Å². The second-order valence-electron chi connectivity index (χ2n) is 4.46. The summed E-state index contributed by atoms with van der Waals surface area (Å²) in [7, 11) is 1.57. The van der Waals surface area contributed by atoms with Gasteiger partial charge in [-0.2, -0.15) is 0 Å². The van der Waals surface area contributed by atoms with E-state index in [9.17, 15) is 4.79 Å². The van der Waals surface area contributed by atoms with Crippen molar-refractivity contribution in [2.45, 2.75) is 38.8 Å². The number of amides is 1. The van der Waals surface area contributed by atoms with Crippen LogP contribution in [0.2, 0.25) is 0 Å². The van der Waals surface area contributed by atoms with Gasteiger partial charge in [-0.25, -0.2) is 0 Å². The molecular weight excluding hydrogens is 228 g/mol. The topological polar surface area (TPSA) is 55.6 Å². The number of carbonyl (C=O) groups is 1. The average molecular weight is 251 g/mol. The van der Waals surface area contributed by atoms with E-state index in [4.69, 9.17) is 10.5 Å². The van der Waals surface area contributed by atoms with Gasteiger partial charge in [0.2, 0.25) is 5.91 Å². The zero-order valence-corrected chi connectivity index (χ0v) is 11.1. The van der Waals surface area contributed by atoms with Gasteiger partial charge in [0.25, 0.3) is 0 Å². The predicted molar refractivity (Wildman–Crippen MR) is 66.7 cm³/mol. The maximum atomic E-state index is 12.0. The van der Waals surface area contributed by atoms with Crippen LogP contribution in [-0.4, -0.2) is 43.2 Å². The van der Waals surface area contributed by atoms with E-state index in [1.807, 2.05) is 4.90 Å². The van der Waals surface area contributed by atoms with Crippen molar-refractivity contribution in [2.75, 3.05) is 20.3 Å². The molecule has 2 N–H and O–H groups in total. The highest BCUT2D eigenvalue weighted by atomic mass is 35.5. The maximum Gasteiger partial charge on any atom is 0.242 e. The molecule has 5 heteroatoms. The Morgan fingerprint density at radius 1 is 1.62 bits per heavy atom. The fourth-order valence-electron chi connectivity index (χ4n) is 2.27. The standard InChI is InChI=1S/C11H22N2O2.ClH/c1-4-9-5-8(2)6-13(9)11(14)10(12)7-15-3;/h8-10H,4-7,12H2,1-3H3;1H. The third-order valence-electron chi connectivity index (χ3n) is 3.04. The molecular formula is C11H23ClN2O2. The molecule has 0 aliphatic carbocycles. The number of rotatable bonds is 4. The number of likely N-dealkylation sites (tertiary alicyclic amines) is 1. The first kappa shape index (κ1) is 15.7. The van der Waals surface area contributed by atoms with E-state index < -0.39 is 6.04 Å². The summed E-state index contributed by atoms with van der Waals surface area (Å²) in [5, 5.41) is 0. The SMILES string of the molecule is CCC1CC(C)CN1C(=O)C(N)COC.Cl. The van der Waals surface area contributed by atoms with Gasteiger partial charge in [-0.3, -0.25) is 4.79 Å². The minimum atomic E-state index is -0.505. The molecule has 1 aliphatic heterocycles. The van der Waals surface area contributed by atoms with E-state index in [0.717, 1.165) is 19.4 Å². The number of nitrogens with two attached hydrogens (primary N) is 1. The Labute approximate surface area is 104 Å². The lowest BCUT2D eigenvalue weighted by molar-refractivity contribution is -0.134. The lowest BCUT2D eigenvalue weighted by Crippen LogP contribution is -2.48. The minimum Gasteiger partial charge on any atom is -0.383 e. The number of nitrogens with zero attached hydrogens (tertiary/aromatic N) is 1. The zero-order chi connectivity index (χ0) is 11.4. The first-order valence-corrected chi connectivity index (χ1v) is 5.65. The van der Waals surface area contributed by atoms with Crippen molar-refractivity contribution in [1.29, 1.82) is 0 Å².